The first-order chi connectivity index (χ1) is 17.9. The van der Waals surface area contributed by atoms with Crippen molar-refractivity contribution in [1.82, 2.24) is 4.90 Å². The summed E-state index contributed by atoms with van der Waals surface area (Å²) in [7, 11) is 0. The lowest BCUT2D eigenvalue weighted by atomic mass is 9.83. The van der Waals surface area contributed by atoms with Gasteiger partial charge in [-0.1, -0.05) is 48.5 Å². The highest BCUT2D eigenvalue weighted by molar-refractivity contribution is 5.98. The SMILES string of the molecule is Cc1cccc(F)c1C(=O)N1CCCC(C(=O)Nc2cccc(N3CCCC3C)c2)C1c1ccccc1. The second-order valence-corrected chi connectivity index (χ2v) is 10.3. The quantitative estimate of drug-likeness (QED) is 0.445. The van der Waals surface area contributed by atoms with Gasteiger partial charge in [-0.3, -0.25) is 9.59 Å². The van der Waals surface area contributed by atoms with Crippen molar-refractivity contribution in [3.05, 3.63) is 95.3 Å². The van der Waals surface area contributed by atoms with Crippen LogP contribution in [-0.2, 0) is 4.79 Å². The first-order valence-corrected chi connectivity index (χ1v) is 13.2. The smallest absolute Gasteiger partial charge is 0.257 e. The summed E-state index contributed by atoms with van der Waals surface area (Å²) in [5, 5.41) is 3.13. The van der Waals surface area contributed by atoms with Gasteiger partial charge >= 0.3 is 0 Å². The Balaban J connectivity index is 1.44. The lowest BCUT2D eigenvalue weighted by Crippen LogP contribution is -2.46. The number of amides is 2. The van der Waals surface area contributed by atoms with Crippen LogP contribution in [0.1, 0.15) is 60.1 Å². The molecular formula is C31H34FN3O2. The van der Waals surface area contributed by atoms with Crippen molar-refractivity contribution in [2.24, 2.45) is 5.92 Å². The molecule has 2 heterocycles. The topological polar surface area (TPSA) is 52.7 Å². The molecule has 2 aliphatic heterocycles. The standard InChI is InChI=1S/C31H34FN3O2/c1-21-10-6-17-27(32)28(21)31(37)35-19-9-16-26(29(35)23-12-4-3-5-13-23)30(36)33-24-14-7-15-25(20-24)34-18-8-11-22(34)2/h3-7,10,12-15,17,20,22,26,29H,8-9,11,16,18-19H2,1-2H3,(H,33,36). The minimum absolute atomic E-state index is 0.0805. The van der Waals surface area contributed by atoms with Crippen molar-refractivity contribution in [3.8, 4) is 0 Å². The van der Waals surface area contributed by atoms with E-state index in [2.05, 4.69) is 23.2 Å². The Morgan fingerprint density at radius 1 is 0.919 bits per heavy atom. The molecule has 2 amide bonds. The Morgan fingerprint density at radius 3 is 2.41 bits per heavy atom. The largest absolute Gasteiger partial charge is 0.369 e. The van der Waals surface area contributed by atoms with E-state index < -0.39 is 17.8 Å². The summed E-state index contributed by atoms with van der Waals surface area (Å²) < 4.78 is 14.8. The number of nitrogens with one attached hydrogen (secondary N) is 1. The number of carbonyl (C=O) groups is 2. The predicted octanol–water partition coefficient (Wildman–Crippen LogP) is 6.36. The fourth-order valence-electron chi connectivity index (χ4n) is 5.92. The van der Waals surface area contributed by atoms with Gasteiger partial charge in [0.25, 0.3) is 5.91 Å². The van der Waals surface area contributed by atoms with E-state index in [1.807, 2.05) is 48.5 Å². The molecule has 2 fully saturated rings. The van der Waals surface area contributed by atoms with Crippen LogP contribution in [0.5, 0.6) is 0 Å². The number of nitrogens with zero attached hydrogens (tertiary/aromatic N) is 2. The van der Waals surface area contributed by atoms with E-state index in [0.717, 1.165) is 23.5 Å². The Morgan fingerprint density at radius 2 is 1.68 bits per heavy atom. The second-order valence-electron chi connectivity index (χ2n) is 10.3. The fourth-order valence-corrected chi connectivity index (χ4v) is 5.92. The summed E-state index contributed by atoms with van der Waals surface area (Å²) in [5.74, 6) is -1.48. The van der Waals surface area contributed by atoms with Crippen molar-refractivity contribution in [3.63, 3.8) is 0 Å². The number of aryl methyl sites for hydroxylation is 1. The van der Waals surface area contributed by atoms with Crippen LogP contribution < -0.4 is 10.2 Å². The van der Waals surface area contributed by atoms with Gasteiger partial charge in [-0.05, 0) is 74.9 Å². The maximum absolute atomic E-state index is 14.8. The van der Waals surface area contributed by atoms with E-state index in [4.69, 9.17) is 0 Å². The average molecular weight is 500 g/mol. The average Bonchev–Trinajstić information content (AvgIpc) is 3.34. The molecule has 37 heavy (non-hydrogen) atoms. The van der Waals surface area contributed by atoms with Crippen LogP contribution in [-0.4, -0.2) is 35.8 Å². The van der Waals surface area contributed by atoms with Crippen LogP contribution in [0.3, 0.4) is 0 Å². The number of anilines is 2. The molecule has 0 bridgehead atoms. The molecule has 1 N–H and O–H groups in total. The Bertz CT molecular complexity index is 1260. The number of hydrogen-bond acceptors (Lipinski definition) is 3. The molecule has 5 nitrogen and oxygen atoms in total. The first-order valence-electron chi connectivity index (χ1n) is 13.2. The van der Waals surface area contributed by atoms with Gasteiger partial charge in [0, 0.05) is 30.5 Å². The lowest BCUT2D eigenvalue weighted by Gasteiger charge is -2.41. The Kier molecular flexibility index (Phi) is 7.26. The van der Waals surface area contributed by atoms with Crippen molar-refractivity contribution >= 4 is 23.2 Å². The van der Waals surface area contributed by atoms with Gasteiger partial charge in [-0.25, -0.2) is 4.39 Å². The summed E-state index contributed by atoms with van der Waals surface area (Å²) in [5.41, 5.74) is 3.41. The second kappa shape index (κ2) is 10.8. The van der Waals surface area contributed by atoms with Gasteiger partial charge in [0.2, 0.25) is 5.91 Å². The molecule has 3 aromatic carbocycles. The summed E-state index contributed by atoms with van der Waals surface area (Å²) in [6.45, 7) is 5.46. The Hall–Kier alpha value is -3.67. The van der Waals surface area contributed by atoms with Crippen LogP contribution in [0.15, 0.2) is 72.8 Å². The van der Waals surface area contributed by atoms with E-state index in [9.17, 15) is 14.0 Å². The molecule has 3 aromatic rings. The highest BCUT2D eigenvalue weighted by atomic mass is 19.1. The highest BCUT2D eigenvalue weighted by Crippen LogP contribution is 2.38. The summed E-state index contributed by atoms with van der Waals surface area (Å²) in [4.78, 5) is 31.5. The first kappa shape index (κ1) is 25.0. The zero-order chi connectivity index (χ0) is 25.9. The monoisotopic (exact) mass is 499 g/mol. The van der Waals surface area contributed by atoms with Crippen molar-refractivity contribution in [2.45, 2.75) is 51.6 Å². The molecule has 2 aliphatic rings. The lowest BCUT2D eigenvalue weighted by molar-refractivity contribution is -0.123. The molecule has 5 rings (SSSR count). The number of halogens is 1. The molecular weight excluding hydrogens is 465 g/mol. The summed E-state index contributed by atoms with van der Waals surface area (Å²) in [6.07, 6.45) is 3.66. The van der Waals surface area contributed by atoms with Gasteiger partial charge < -0.3 is 15.1 Å². The highest BCUT2D eigenvalue weighted by Gasteiger charge is 2.40. The number of likely N-dealkylation sites (tertiary alicyclic amines) is 1. The molecule has 0 spiro atoms. The Labute approximate surface area is 218 Å². The minimum atomic E-state index is -0.531. The number of benzene rings is 3. The normalized spacial score (nSPS) is 21.6. The predicted molar refractivity (Wildman–Crippen MR) is 145 cm³/mol. The van der Waals surface area contributed by atoms with Crippen LogP contribution in [0.2, 0.25) is 0 Å². The van der Waals surface area contributed by atoms with Crippen LogP contribution in [0.25, 0.3) is 0 Å². The van der Waals surface area contributed by atoms with E-state index >= 15 is 0 Å². The van der Waals surface area contributed by atoms with Gasteiger partial charge in [0.05, 0.1) is 17.5 Å². The maximum Gasteiger partial charge on any atom is 0.257 e. The summed E-state index contributed by atoms with van der Waals surface area (Å²) in [6, 6.07) is 22.3. The molecule has 3 atom stereocenters. The molecule has 6 heteroatoms. The van der Waals surface area contributed by atoms with Gasteiger partial charge in [0.1, 0.15) is 5.82 Å². The zero-order valence-corrected chi connectivity index (χ0v) is 21.5. The number of hydrogen-bond donors (Lipinski definition) is 1. The molecule has 0 radical (unpaired) electrons. The van der Waals surface area contributed by atoms with E-state index in [1.54, 1.807) is 24.0 Å². The van der Waals surface area contributed by atoms with E-state index in [1.165, 1.54) is 18.9 Å². The number of rotatable bonds is 5. The van der Waals surface area contributed by atoms with Crippen molar-refractivity contribution in [2.75, 3.05) is 23.3 Å². The third-order valence-corrected chi connectivity index (χ3v) is 7.80. The number of piperidine rings is 1. The molecule has 3 unspecified atom stereocenters. The van der Waals surface area contributed by atoms with Gasteiger partial charge in [0.15, 0.2) is 0 Å². The molecule has 0 aliphatic carbocycles. The van der Waals surface area contributed by atoms with Crippen LogP contribution >= 0.6 is 0 Å². The third kappa shape index (κ3) is 5.10. The fraction of sp³-hybridized carbons (Fsp3) is 0.355. The minimum Gasteiger partial charge on any atom is -0.369 e. The molecule has 0 aromatic heterocycles. The number of carbonyl (C=O) groups excluding carboxylic acids is 2. The van der Waals surface area contributed by atoms with Gasteiger partial charge in [-0.15, -0.1) is 0 Å². The van der Waals surface area contributed by atoms with E-state index in [-0.39, 0.29) is 17.4 Å². The third-order valence-electron chi connectivity index (χ3n) is 7.80. The molecule has 2 saturated heterocycles. The summed E-state index contributed by atoms with van der Waals surface area (Å²) >= 11 is 0. The van der Waals surface area contributed by atoms with Crippen molar-refractivity contribution < 1.29 is 14.0 Å². The van der Waals surface area contributed by atoms with Crippen molar-refractivity contribution in [1.29, 1.82) is 0 Å². The van der Waals surface area contributed by atoms with Gasteiger partial charge in [-0.2, -0.15) is 0 Å². The van der Waals surface area contributed by atoms with Crippen LogP contribution in [0, 0.1) is 18.7 Å². The molecule has 192 valence electrons. The zero-order valence-electron chi connectivity index (χ0n) is 21.5. The maximum atomic E-state index is 14.8. The van der Waals surface area contributed by atoms with Crippen LogP contribution in [0.4, 0.5) is 15.8 Å². The molecule has 0 saturated carbocycles. The van der Waals surface area contributed by atoms with E-state index in [0.29, 0.717) is 31.0 Å².